The molecule has 0 bridgehead atoms. The third kappa shape index (κ3) is 4.32. The Kier molecular flexibility index (Phi) is 6.32. The standard InChI is InChI=1S/C19H20O4S/c1-21-15-9-13(10-16(12-15)22-2)5-7-17(20)14-6-8-19(24-4)18(11-14)23-3/h5-12H,1-4H3. The number of ether oxygens (including phenoxy) is 3. The highest BCUT2D eigenvalue weighted by Gasteiger charge is 2.08. The van der Waals surface area contributed by atoms with E-state index in [4.69, 9.17) is 14.2 Å². The van der Waals surface area contributed by atoms with Crippen LogP contribution in [0.4, 0.5) is 0 Å². The summed E-state index contributed by atoms with van der Waals surface area (Å²) in [5.74, 6) is 1.95. The van der Waals surface area contributed by atoms with E-state index in [2.05, 4.69) is 0 Å². The molecule has 24 heavy (non-hydrogen) atoms. The summed E-state index contributed by atoms with van der Waals surface area (Å²) in [5.41, 5.74) is 1.41. The first-order chi connectivity index (χ1) is 11.6. The van der Waals surface area contributed by atoms with E-state index < -0.39 is 0 Å². The Morgan fingerprint density at radius 3 is 2.17 bits per heavy atom. The maximum Gasteiger partial charge on any atom is 0.185 e. The molecule has 2 aromatic carbocycles. The van der Waals surface area contributed by atoms with Crippen molar-refractivity contribution in [2.75, 3.05) is 27.6 Å². The van der Waals surface area contributed by atoms with Crippen molar-refractivity contribution in [2.45, 2.75) is 4.90 Å². The molecule has 0 aliphatic heterocycles. The van der Waals surface area contributed by atoms with Crippen LogP contribution in [0.25, 0.3) is 6.08 Å². The molecule has 2 aromatic rings. The number of benzene rings is 2. The summed E-state index contributed by atoms with van der Waals surface area (Å²) in [6, 6.07) is 10.9. The van der Waals surface area contributed by atoms with E-state index in [9.17, 15) is 4.79 Å². The first-order valence-corrected chi connectivity index (χ1v) is 8.51. The fourth-order valence-electron chi connectivity index (χ4n) is 2.18. The number of thioether (sulfide) groups is 1. The minimum atomic E-state index is -0.0947. The van der Waals surface area contributed by atoms with Gasteiger partial charge in [0.25, 0.3) is 0 Å². The van der Waals surface area contributed by atoms with Crippen molar-refractivity contribution in [3.63, 3.8) is 0 Å². The minimum Gasteiger partial charge on any atom is -0.497 e. The molecule has 0 saturated heterocycles. The van der Waals surface area contributed by atoms with Gasteiger partial charge < -0.3 is 14.2 Å². The van der Waals surface area contributed by atoms with Gasteiger partial charge in [-0.2, -0.15) is 0 Å². The quantitative estimate of drug-likeness (QED) is 0.425. The third-order valence-corrected chi connectivity index (χ3v) is 4.25. The number of hydrogen-bond donors (Lipinski definition) is 0. The van der Waals surface area contributed by atoms with E-state index in [1.807, 2.05) is 24.5 Å². The first kappa shape index (κ1) is 17.9. The summed E-state index contributed by atoms with van der Waals surface area (Å²) in [6.45, 7) is 0. The van der Waals surface area contributed by atoms with Crippen LogP contribution in [0.2, 0.25) is 0 Å². The van der Waals surface area contributed by atoms with Crippen molar-refractivity contribution in [2.24, 2.45) is 0 Å². The van der Waals surface area contributed by atoms with Gasteiger partial charge >= 0.3 is 0 Å². The van der Waals surface area contributed by atoms with Crippen molar-refractivity contribution in [3.05, 3.63) is 53.6 Å². The van der Waals surface area contributed by atoms with E-state index in [1.165, 1.54) is 6.08 Å². The van der Waals surface area contributed by atoms with Crippen LogP contribution in [0.3, 0.4) is 0 Å². The van der Waals surface area contributed by atoms with E-state index >= 15 is 0 Å². The normalized spacial score (nSPS) is 10.7. The van der Waals surface area contributed by atoms with Crippen LogP contribution < -0.4 is 14.2 Å². The van der Waals surface area contributed by atoms with E-state index in [-0.39, 0.29) is 5.78 Å². The van der Waals surface area contributed by atoms with Crippen molar-refractivity contribution < 1.29 is 19.0 Å². The lowest BCUT2D eigenvalue weighted by atomic mass is 10.1. The Morgan fingerprint density at radius 1 is 0.958 bits per heavy atom. The number of methoxy groups -OCH3 is 3. The number of ketones is 1. The molecule has 5 heteroatoms. The molecule has 0 heterocycles. The molecule has 126 valence electrons. The Morgan fingerprint density at radius 2 is 1.62 bits per heavy atom. The van der Waals surface area contributed by atoms with Crippen LogP contribution in [0.1, 0.15) is 15.9 Å². The zero-order valence-electron chi connectivity index (χ0n) is 14.2. The topological polar surface area (TPSA) is 44.8 Å². The Balaban J connectivity index is 2.24. The monoisotopic (exact) mass is 344 g/mol. The van der Waals surface area contributed by atoms with Crippen molar-refractivity contribution in [1.29, 1.82) is 0 Å². The zero-order chi connectivity index (χ0) is 17.5. The smallest absolute Gasteiger partial charge is 0.185 e. The zero-order valence-corrected chi connectivity index (χ0v) is 15.0. The molecule has 2 rings (SSSR count). The molecule has 0 spiro atoms. The predicted octanol–water partition coefficient (Wildman–Crippen LogP) is 4.33. The van der Waals surface area contributed by atoms with Gasteiger partial charge in [-0.3, -0.25) is 4.79 Å². The molecule has 0 unspecified atom stereocenters. The Bertz CT molecular complexity index is 731. The van der Waals surface area contributed by atoms with Crippen molar-refractivity contribution in [3.8, 4) is 17.2 Å². The van der Waals surface area contributed by atoms with E-state index in [0.29, 0.717) is 22.8 Å². The van der Waals surface area contributed by atoms with Gasteiger partial charge in [-0.15, -0.1) is 11.8 Å². The number of carbonyl (C=O) groups excluding carboxylic acids is 1. The highest BCUT2D eigenvalue weighted by atomic mass is 32.2. The number of hydrogen-bond acceptors (Lipinski definition) is 5. The van der Waals surface area contributed by atoms with Gasteiger partial charge in [-0.1, -0.05) is 6.08 Å². The molecule has 0 aliphatic carbocycles. The minimum absolute atomic E-state index is 0.0947. The third-order valence-electron chi connectivity index (χ3n) is 3.47. The van der Waals surface area contributed by atoms with E-state index in [0.717, 1.165) is 10.5 Å². The van der Waals surface area contributed by atoms with Gasteiger partial charge in [-0.25, -0.2) is 0 Å². The molecule has 4 nitrogen and oxygen atoms in total. The van der Waals surface area contributed by atoms with Crippen molar-refractivity contribution in [1.82, 2.24) is 0 Å². The van der Waals surface area contributed by atoms with Gasteiger partial charge in [0.1, 0.15) is 17.2 Å². The lowest BCUT2D eigenvalue weighted by Crippen LogP contribution is -1.96. The van der Waals surface area contributed by atoms with Crippen LogP contribution in [0, 0.1) is 0 Å². The van der Waals surface area contributed by atoms with Gasteiger partial charge in [0, 0.05) is 16.5 Å². The van der Waals surface area contributed by atoms with Gasteiger partial charge in [0.05, 0.1) is 21.3 Å². The van der Waals surface area contributed by atoms with Gasteiger partial charge in [0.15, 0.2) is 5.78 Å². The maximum atomic E-state index is 12.4. The fraction of sp³-hybridized carbons (Fsp3) is 0.211. The molecule has 0 aromatic heterocycles. The number of rotatable bonds is 7. The largest absolute Gasteiger partial charge is 0.497 e. The average Bonchev–Trinajstić information content (AvgIpc) is 2.64. The lowest BCUT2D eigenvalue weighted by molar-refractivity contribution is 0.104. The van der Waals surface area contributed by atoms with E-state index in [1.54, 1.807) is 57.4 Å². The Hall–Kier alpha value is -2.40. The molecular weight excluding hydrogens is 324 g/mol. The summed E-state index contributed by atoms with van der Waals surface area (Å²) >= 11 is 1.58. The predicted molar refractivity (Wildman–Crippen MR) is 97.7 cm³/mol. The average molecular weight is 344 g/mol. The van der Waals surface area contributed by atoms with Crippen molar-refractivity contribution >= 4 is 23.6 Å². The summed E-state index contributed by atoms with van der Waals surface area (Å²) in [4.78, 5) is 13.4. The summed E-state index contributed by atoms with van der Waals surface area (Å²) in [7, 11) is 4.78. The fourth-order valence-corrected chi connectivity index (χ4v) is 2.73. The Labute approximate surface area is 146 Å². The highest BCUT2D eigenvalue weighted by Crippen LogP contribution is 2.29. The lowest BCUT2D eigenvalue weighted by Gasteiger charge is -2.07. The highest BCUT2D eigenvalue weighted by molar-refractivity contribution is 7.98. The molecule has 0 atom stereocenters. The SMILES string of the molecule is COc1cc(C=CC(=O)c2ccc(SC)c(OC)c2)cc(OC)c1. The number of carbonyl (C=O) groups is 1. The second kappa shape index (κ2) is 8.45. The molecule has 0 aliphatic rings. The summed E-state index contributed by atoms with van der Waals surface area (Å²) in [6.07, 6.45) is 5.24. The van der Waals surface area contributed by atoms with Gasteiger partial charge in [0.2, 0.25) is 0 Å². The second-order valence-corrected chi connectivity index (χ2v) is 5.76. The molecule has 0 fully saturated rings. The molecule has 0 radical (unpaired) electrons. The van der Waals surface area contributed by atoms with Crippen LogP contribution in [-0.4, -0.2) is 33.4 Å². The van der Waals surface area contributed by atoms with Crippen LogP contribution in [0.15, 0.2) is 47.4 Å². The second-order valence-electron chi connectivity index (χ2n) is 4.91. The van der Waals surface area contributed by atoms with Gasteiger partial charge in [-0.05, 0) is 48.2 Å². The summed E-state index contributed by atoms with van der Waals surface area (Å²) in [5, 5.41) is 0. The van der Waals surface area contributed by atoms with Crippen LogP contribution in [-0.2, 0) is 0 Å². The molecule has 0 amide bonds. The summed E-state index contributed by atoms with van der Waals surface area (Å²) < 4.78 is 15.8. The first-order valence-electron chi connectivity index (χ1n) is 7.28. The molecular formula is C19H20O4S. The maximum absolute atomic E-state index is 12.4. The molecule has 0 N–H and O–H groups in total. The van der Waals surface area contributed by atoms with Crippen LogP contribution in [0.5, 0.6) is 17.2 Å². The molecule has 0 saturated carbocycles. The number of allylic oxidation sites excluding steroid dienone is 1. The van der Waals surface area contributed by atoms with Crippen LogP contribution >= 0.6 is 11.8 Å².